The molecule has 1 heterocycles. The summed E-state index contributed by atoms with van der Waals surface area (Å²) < 4.78 is 0. The zero-order chi connectivity index (χ0) is 31.1. The first-order valence-corrected chi connectivity index (χ1v) is 23.8. The summed E-state index contributed by atoms with van der Waals surface area (Å²) in [5.41, 5.74) is 9.28. The smallest absolute Gasteiger partial charge is 0.00814 e. The molecular weight excluding hydrogens is 597 g/mol. The normalized spacial score (nSPS) is 56.5. The van der Waals surface area contributed by atoms with Crippen LogP contribution in [0.15, 0.2) is 22.3 Å². The monoisotopic (exact) mass is 665 g/mol. The Labute approximate surface area is 298 Å². The van der Waals surface area contributed by atoms with E-state index in [0.717, 1.165) is 93.4 Å². The Morgan fingerprint density at radius 3 is 1.98 bits per heavy atom. The molecule has 7 saturated carbocycles. The van der Waals surface area contributed by atoms with Gasteiger partial charge in [-0.3, -0.25) is 0 Å². The van der Waals surface area contributed by atoms with E-state index >= 15 is 0 Å². The maximum absolute atomic E-state index is 2.50. The van der Waals surface area contributed by atoms with Gasteiger partial charge in [0.1, 0.15) is 0 Å². The maximum atomic E-state index is 2.50. The van der Waals surface area contributed by atoms with E-state index in [1.807, 2.05) is 0 Å². The Bertz CT molecular complexity index is 1370. The fourth-order valence-corrected chi connectivity index (χ4v) is 21.3. The van der Waals surface area contributed by atoms with Gasteiger partial charge in [0.2, 0.25) is 0 Å². The minimum absolute atomic E-state index is 0.659. The van der Waals surface area contributed by atoms with Crippen LogP contribution >= 0.6 is 11.8 Å². The van der Waals surface area contributed by atoms with E-state index in [2.05, 4.69) is 34.1 Å². The summed E-state index contributed by atoms with van der Waals surface area (Å²) in [5.74, 6) is 15.1. The van der Waals surface area contributed by atoms with E-state index in [-0.39, 0.29) is 0 Å². The minimum atomic E-state index is 0.659. The van der Waals surface area contributed by atoms with Crippen molar-refractivity contribution in [2.45, 2.75) is 177 Å². The lowest BCUT2D eigenvalue weighted by Crippen LogP contribution is -2.50. The second-order valence-electron chi connectivity index (χ2n) is 21.0. The van der Waals surface area contributed by atoms with Crippen LogP contribution in [0.25, 0.3) is 0 Å². The van der Waals surface area contributed by atoms with Gasteiger partial charge in [-0.15, -0.1) is 0 Å². The molecular formula is C47H68S. The Balaban J connectivity index is 0.903. The van der Waals surface area contributed by atoms with Gasteiger partial charge in [-0.05, 0) is 218 Å². The summed E-state index contributed by atoms with van der Waals surface area (Å²) in [7, 11) is 0. The van der Waals surface area contributed by atoms with E-state index in [9.17, 15) is 0 Å². The van der Waals surface area contributed by atoms with E-state index in [1.165, 1.54) is 51.4 Å². The number of hydrogen-bond acceptors (Lipinski definition) is 1. The summed E-state index contributed by atoms with van der Waals surface area (Å²) in [6.45, 7) is 0. The zero-order valence-corrected chi connectivity index (χ0v) is 31.3. The first-order valence-electron chi connectivity index (χ1n) is 22.9. The number of fused-ring (bicyclic) bond motifs is 15. The van der Waals surface area contributed by atoms with E-state index in [1.54, 1.807) is 116 Å². The van der Waals surface area contributed by atoms with Gasteiger partial charge in [0.05, 0.1) is 0 Å². The zero-order valence-electron chi connectivity index (χ0n) is 30.5. The number of thioether (sulfide) groups is 1. The average molecular weight is 665 g/mol. The van der Waals surface area contributed by atoms with Crippen LogP contribution < -0.4 is 0 Å². The molecule has 0 radical (unpaired) electrons. The maximum Gasteiger partial charge on any atom is 0.00814 e. The second kappa shape index (κ2) is 11.4. The van der Waals surface area contributed by atoms with Crippen LogP contribution in [0.5, 0.6) is 0 Å². The molecule has 0 aromatic heterocycles. The standard InChI is InChI=1S/C47H68S/c1-2-11-30-29(10-1)33-15-9-16-35-45(33)38(30)26-42-46(35)34-14-4-7-18-40(34)47(42)39-17-6-3-12-31(39)36-24-27(20-22-41(36)47)28-21-23-44-37(25-28)32-13-5-8-19-43(32)48-44/h27-28,31-33,35-39,41-46H,1-26H2. The predicted octanol–water partition coefficient (Wildman–Crippen LogP) is 13.0. The first-order chi connectivity index (χ1) is 23.8. The highest BCUT2D eigenvalue weighted by atomic mass is 32.2. The lowest BCUT2D eigenvalue weighted by molar-refractivity contribution is -0.0504. The molecule has 262 valence electrons. The van der Waals surface area contributed by atoms with E-state index in [4.69, 9.17) is 0 Å². The van der Waals surface area contributed by atoms with E-state index < -0.39 is 0 Å². The molecule has 1 saturated heterocycles. The Kier molecular flexibility index (Phi) is 7.21. The molecule has 0 bridgehead atoms. The number of rotatable bonds is 1. The highest BCUT2D eigenvalue weighted by Crippen LogP contribution is 2.79. The van der Waals surface area contributed by atoms with Crippen LogP contribution in [-0.4, -0.2) is 10.5 Å². The van der Waals surface area contributed by atoms with Gasteiger partial charge in [-0.2, -0.15) is 11.8 Å². The van der Waals surface area contributed by atoms with Gasteiger partial charge in [0, 0.05) is 15.9 Å². The van der Waals surface area contributed by atoms with Crippen LogP contribution in [0.4, 0.5) is 0 Å². The first kappa shape index (κ1) is 30.3. The van der Waals surface area contributed by atoms with Gasteiger partial charge in [0.25, 0.3) is 0 Å². The summed E-state index contributed by atoms with van der Waals surface area (Å²) in [6.07, 6.45) is 41.1. The third-order valence-electron chi connectivity index (χ3n) is 20.1. The summed E-state index contributed by atoms with van der Waals surface area (Å²) in [4.78, 5) is 0. The lowest BCUT2D eigenvalue weighted by atomic mass is 9.48. The van der Waals surface area contributed by atoms with Crippen molar-refractivity contribution in [2.24, 2.45) is 88.3 Å². The molecule has 0 amide bonds. The lowest BCUT2D eigenvalue weighted by Gasteiger charge is -2.56. The highest BCUT2D eigenvalue weighted by molar-refractivity contribution is 8.00. The number of hydrogen-bond donors (Lipinski definition) is 0. The van der Waals surface area contributed by atoms with Crippen LogP contribution in [-0.2, 0) is 0 Å². The summed E-state index contributed by atoms with van der Waals surface area (Å²) >= 11 is 2.50. The summed E-state index contributed by atoms with van der Waals surface area (Å²) in [5, 5.41) is 2.11. The van der Waals surface area contributed by atoms with Gasteiger partial charge in [-0.25, -0.2) is 0 Å². The fourth-order valence-electron chi connectivity index (χ4n) is 19.3. The van der Waals surface area contributed by atoms with Crippen molar-refractivity contribution in [1.82, 2.24) is 0 Å². The Morgan fingerprint density at radius 2 is 1.08 bits per heavy atom. The molecule has 0 nitrogen and oxygen atoms in total. The molecule has 12 aliphatic rings. The molecule has 1 spiro atoms. The fraction of sp³-hybridized carbons (Fsp3) is 0.915. The SMILES string of the molecule is C1CCC2=C(C1)C1CCCC3C4C5=C(CCCC5)C5(C6CCCCC6C6CC(C7CCC8SC9CCCCC9C8C7)CCC65)C4CC2C13. The van der Waals surface area contributed by atoms with Crippen molar-refractivity contribution in [3.05, 3.63) is 22.3 Å². The van der Waals surface area contributed by atoms with Crippen LogP contribution in [0.2, 0.25) is 0 Å². The van der Waals surface area contributed by atoms with Crippen molar-refractivity contribution in [1.29, 1.82) is 0 Å². The Hall–Kier alpha value is -0.170. The molecule has 0 aromatic carbocycles. The summed E-state index contributed by atoms with van der Waals surface area (Å²) in [6, 6.07) is 0. The van der Waals surface area contributed by atoms with Crippen LogP contribution in [0.3, 0.4) is 0 Å². The van der Waals surface area contributed by atoms with Crippen molar-refractivity contribution >= 4 is 11.8 Å². The molecule has 8 fully saturated rings. The molecule has 17 atom stereocenters. The van der Waals surface area contributed by atoms with E-state index in [0.29, 0.717) is 5.41 Å². The molecule has 48 heavy (non-hydrogen) atoms. The molecule has 0 N–H and O–H groups in total. The van der Waals surface area contributed by atoms with Gasteiger partial charge in [0.15, 0.2) is 0 Å². The topological polar surface area (TPSA) is 0 Å². The largest absolute Gasteiger partial charge is 0.155 e. The minimum Gasteiger partial charge on any atom is -0.155 e. The van der Waals surface area contributed by atoms with Crippen molar-refractivity contribution in [2.75, 3.05) is 0 Å². The molecule has 1 heteroatoms. The third kappa shape index (κ3) is 4.00. The Morgan fingerprint density at radius 1 is 0.417 bits per heavy atom. The predicted molar refractivity (Wildman–Crippen MR) is 201 cm³/mol. The molecule has 0 aromatic rings. The van der Waals surface area contributed by atoms with Gasteiger partial charge >= 0.3 is 0 Å². The molecule has 12 rings (SSSR count). The third-order valence-corrected chi connectivity index (χ3v) is 22.0. The number of allylic oxidation sites excluding steroid dienone is 4. The molecule has 17 unspecified atom stereocenters. The van der Waals surface area contributed by atoms with Crippen molar-refractivity contribution in [3.63, 3.8) is 0 Å². The average Bonchev–Trinajstić information content (AvgIpc) is 3.86. The quantitative estimate of drug-likeness (QED) is 0.251. The molecule has 11 aliphatic carbocycles. The van der Waals surface area contributed by atoms with Crippen molar-refractivity contribution < 1.29 is 0 Å². The highest BCUT2D eigenvalue weighted by Gasteiger charge is 2.72. The van der Waals surface area contributed by atoms with Crippen LogP contribution in [0, 0.1) is 88.3 Å². The van der Waals surface area contributed by atoms with Crippen molar-refractivity contribution in [3.8, 4) is 0 Å². The van der Waals surface area contributed by atoms with Gasteiger partial charge < -0.3 is 0 Å². The second-order valence-corrected chi connectivity index (χ2v) is 22.4. The molecule has 1 aliphatic heterocycles. The van der Waals surface area contributed by atoms with Crippen LogP contribution in [0.1, 0.15) is 167 Å². The van der Waals surface area contributed by atoms with Gasteiger partial charge in [-0.1, -0.05) is 54.4 Å².